The van der Waals surface area contributed by atoms with E-state index in [-0.39, 0.29) is 0 Å². The van der Waals surface area contributed by atoms with Gasteiger partial charge in [0.2, 0.25) is 0 Å². The zero-order valence-corrected chi connectivity index (χ0v) is 25.0. The molecule has 1 aliphatic carbocycles. The Bertz CT molecular complexity index is 2380. The average Bonchev–Trinajstić information content (AvgIpc) is 3.66. The number of benzene rings is 6. The van der Waals surface area contributed by atoms with Gasteiger partial charge in [0.25, 0.3) is 5.82 Å². The number of pyridine rings is 1. The van der Waals surface area contributed by atoms with Crippen molar-refractivity contribution in [3.63, 3.8) is 0 Å². The van der Waals surface area contributed by atoms with Gasteiger partial charge >= 0.3 is 0 Å². The molecule has 0 aliphatic heterocycles. The summed E-state index contributed by atoms with van der Waals surface area (Å²) in [7, 11) is 0. The van der Waals surface area contributed by atoms with Gasteiger partial charge < -0.3 is 0 Å². The van der Waals surface area contributed by atoms with Crippen LogP contribution in [0.1, 0.15) is 12.7 Å². The van der Waals surface area contributed by atoms with E-state index >= 15 is 0 Å². The van der Waals surface area contributed by atoms with Crippen molar-refractivity contribution in [3.05, 3.63) is 152 Å². The van der Waals surface area contributed by atoms with Crippen molar-refractivity contribution in [3.8, 4) is 61.5 Å². The Kier molecular flexibility index (Phi) is 5.79. The second-order valence-electron chi connectivity index (χ2n) is 11.7. The van der Waals surface area contributed by atoms with Gasteiger partial charge in [0, 0.05) is 12.0 Å². The molecule has 2 heterocycles. The molecule has 0 spiro atoms. The number of imidazole rings is 1. The van der Waals surface area contributed by atoms with E-state index in [0.29, 0.717) is 0 Å². The molecule has 3 nitrogen and oxygen atoms in total. The van der Waals surface area contributed by atoms with Crippen molar-refractivity contribution in [2.24, 2.45) is 0 Å². The van der Waals surface area contributed by atoms with E-state index in [1.165, 1.54) is 55.3 Å². The van der Waals surface area contributed by atoms with E-state index in [4.69, 9.17) is 4.98 Å². The SMILES string of the molecule is CCc1[nH]c2ccccc2[n+]1-c1ccc(-c2cc(-c3ccccc3)c3c(c2-c2ccccc2)-c2cccc4cccc-3c24)nc1. The lowest BCUT2D eigenvalue weighted by atomic mass is 9.83. The number of hydrogen-bond donors (Lipinski definition) is 1. The molecule has 6 aromatic carbocycles. The van der Waals surface area contributed by atoms with Gasteiger partial charge in [-0.1, -0.05) is 116 Å². The Balaban J connectivity index is 1.34. The Hall–Kier alpha value is -5.80. The number of H-pyrrole nitrogens is 1. The summed E-state index contributed by atoms with van der Waals surface area (Å²) in [6.45, 7) is 2.18. The van der Waals surface area contributed by atoms with Crippen molar-refractivity contribution in [2.75, 3.05) is 0 Å². The number of para-hydroxylation sites is 2. The summed E-state index contributed by atoms with van der Waals surface area (Å²) < 4.78 is 2.29. The summed E-state index contributed by atoms with van der Waals surface area (Å²) in [5.41, 5.74) is 15.5. The molecule has 0 amide bonds. The van der Waals surface area contributed by atoms with E-state index in [9.17, 15) is 0 Å². The molecule has 0 saturated carbocycles. The van der Waals surface area contributed by atoms with Crippen molar-refractivity contribution in [1.82, 2.24) is 9.97 Å². The van der Waals surface area contributed by atoms with Crippen LogP contribution in [0.2, 0.25) is 0 Å². The Labute approximate surface area is 262 Å². The van der Waals surface area contributed by atoms with Crippen molar-refractivity contribution in [2.45, 2.75) is 13.3 Å². The van der Waals surface area contributed by atoms with Crippen LogP contribution in [-0.4, -0.2) is 9.97 Å². The lowest BCUT2D eigenvalue weighted by Crippen LogP contribution is -2.34. The number of aromatic nitrogens is 3. The minimum absolute atomic E-state index is 0.895. The fraction of sp³-hybridized carbons (Fsp3) is 0.0476. The zero-order valence-electron chi connectivity index (χ0n) is 25.0. The molecule has 0 radical (unpaired) electrons. The first kappa shape index (κ1) is 25.7. The van der Waals surface area contributed by atoms with Crippen LogP contribution in [0.4, 0.5) is 0 Å². The highest BCUT2D eigenvalue weighted by atomic mass is 15.1. The fourth-order valence-electron chi connectivity index (χ4n) is 7.29. The number of rotatable bonds is 5. The van der Waals surface area contributed by atoms with Crippen LogP contribution >= 0.6 is 0 Å². The predicted octanol–water partition coefficient (Wildman–Crippen LogP) is 10.2. The minimum atomic E-state index is 0.895. The van der Waals surface area contributed by atoms with E-state index < -0.39 is 0 Å². The van der Waals surface area contributed by atoms with Gasteiger partial charge in [-0.3, -0.25) is 4.98 Å². The molecular weight excluding hydrogens is 546 g/mol. The largest absolute Gasteiger partial charge is 0.260 e. The molecule has 1 N–H and O–H groups in total. The normalized spacial score (nSPS) is 11.8. The van der Waals surface area contributed by atoms with E-state index in [2.05, 4.69) is 156 Å². The molecule has 8 aromatic rings. The van der Waals surface area contributed by atoms with Crippen molar-refractivity contribution < 1.29 is 4.57 Å². The molecule has 2 aromatic heterocycles. The maximum Gasteiger partial charge on any atom is 0.260 e. The number of aryl methyl sites for hydroxylation is 1. The third kappa shape index (κ3) is 3.91. The maximum atomic E-state index is 5.20. The highest BCUT2D eigenvalue weighted by Crippen LogP contribution is 2.56. The highest BCUT2D eigenvalue weighted by molar-refractivity contribution is 6.22. The topological polar surface area (TPSA) is 32.6 Å². The quantitative estimate of drug-likeness (QED) is 0.203. The summed E-state index contributed by atoms with van der Waals surface area (Å²) in [6, 6.07) is 50.3. The summed E-state index contributed by atoms with van der Waals surface area (Å²) in [4.78, 5) is 8.79. The van der Waals surface area contributed by atoms with Crippen LogP contribution < -0.4 is 4.57 Å². The van der Waals surface area contributed by atoms with Gasteiger partial charge in [-0.2, -0.15) is 4.57 Å². The number of hydrogen-bond acceptors (Lipinski definition) is 1. The predicted molar refractivity (Wildman–Crippen MR) is 185 cm³/mol. The van der Waals surface area contributed by atoms with Gasteiger partial charge in [0.15, 0.2) is 16.7 Å². The Morgan fingerprint density at radius 3 is 1.98 bits per heavy atom. The second-order valence-corrected chi connectivity index (χ2v) is 11.7. The minimum Gasteiger partial charge on any atom is -0.252 e. The van der Waals surface area contributed by atoms with E-state index in [1.54, 1.807) is 0 Å². The second kappa shape index (κ2) is 10.1. The number of nitrogens with zero attached hydrogens (tertiary/aromatic N) is 2. The first-order chi connectivity index (χ1) is 22.3. The van der Waals surface area contributed by atoms with Crippen LogP contribution in [-0.2, 0) is 6.42 Å². The molecule has 0 atom stereocenters. The zero-order chi connectivity index (χ0) is 29.9. The molecule has 3 heteroatoms. The lowest BCUT2D eigenvalue weighted by Gasteiger charge is -2.20. The van der Waals surface area contributed by atoms with Crippen LogP contribution in [0.3, 0.4) is 0 Å². The first-order valence-corrected chi connectivity index (χ1v) is 15.6. The standard InChI is InChI=1S/C42H29N3/c1-2-38-44-36-21-9-10-22-37(36)45(38)30-23-24-35(43-26-30)34-25-33(27-13-5-3-6-14-27)41-31-19-11-17-28-18-12-20-32(39(28)31)42(41)40(34)29-15-7-4-8-16-29/h3-26H,2H2,1H3/p+1. The Morgan fingerprint density at radius 2 is 1.27 bits per heavy atom. The van der Waals surface area contributed by atoms with Crippen molar-refractivity contribution >= 4 is 21.8 Å². The number of aromatic amines is 1. The van der Waals surface area contributed by atoms with E-state index in [0.717, 1.165) is 40.2 Å². The number of fused-ring (bicyclic) bond motifs is 4. The lowest BCUT2D eigenvalue weighted by molar-refractivity contribution is -0.576. The third-order valence-electron chi connectivity index (χ3n) is 9.23. The van der Waals surface area contributed by atoms with Gasteiger partial charge in [0.05, 0.1) is 11.9 Å². The maximum absolute atomic E-state index is 5.20. The summed E-state index contributed by atoms with van der Waals surface area (Å²) in [5, 5.41) is 2.60. The van der Waals surface area contributed by atoms with E-state index in [1.807, 2.05) is 6.20 Å². The highest BCUT2D eigenvalue weighted by Gasteiger charge is 2.30. The molecule has 1 aliphatic rings. The molecule has 9 rings (SSSR count). The first-order valence-electron chi connectivity index (χ1n) is 15.6. The van der Waals surface area contributed by atoms with Gasteiger partial charge in [-0.15, -0.1) is 0 Å². The average molecular weight is 577 g/mol. The van der Waals surface area contributed by atoms with Gasteiger partial charge in [-0.25, -0.2) is 4.98 Å². The van der Waals surface area contributed by atoms with Crippen molar-refractivity contribution in [1.29, 1.82) is 0 Å². The smallest absolute Gasteiger partial charge is 0.252 e. The van der Waals surface area contributed by atoms with Crippen LogP contribution in [0.5, 0.6) is 0 Å². The summed E-state index contributed by atoms with van der Waals surface area (Å²) in [5.74, 6) is 1.16. The number of nitrogens with one attached hydrogen (secondary N) is 1. The molecule has 0 fully saturated rings. The molecule has 212 valence electrons. The monoisotopic (exact) mass is 576 g/mol. The van der Waals surface area contributed by atoms with Gasteiger partial charge in [-0.05, 0) is 85.6 Å². The van der Waals surface area contributed by atoms with Crippen LogP contribution in [0.15, 0.2) is 146 Å². The molecule has 45 heavy (non-hydrogen) atoms. The molecule has 0 bridgehead atoms. The van der Waals surface area contributed by atoms with Gasteiger partial charge in [0.1, 0.15) is 0 Å². The van der Waals surface area contributed by atoms with Crippen LogP contribution in [0.25, 0.3) is 83.3 Å². The third-order valence-corrected chi connectivity index (χ3v) is 9.23. The fourth-order valence-corrected chi connectivity index (χ4v) is 7.29. The summed E-state index contributed by atoms with van der Waals surface area (Å²) >= 11 is 0. The summed E-state index contributed by atoms with van der Waals surface area (Å²) in [6.07, 6.45) is 2.92. The molecular formula is C42H30N3+. The molecule has 0 unspecified atom stereocenters. The van der Waals surface area contributed by atoms with Crippen LogP contribution in [0, 0.1) is 0 Å². The molecule has 0 saturated heterocycles. The Morgan fingerprint density at radius 1 is 0.578 bits per heavy atom.